The molecule has 3 amide bonds. The Kier molecular flexibility index (Phi) is 4.31. The molecule has 0 saturated carbocycles. The van der Waals surface area contributed by atoms with Gasteiger partial charge in [0.15, 0.2) is 0 Å². The summed E-state index contributed by atoms with van der Waals surface area (Å²) in [5.74, 6) is 1.44. The molecule has 1 aromatic rings. The quantitative estimate of drug-likeness (QED) is 0.864. The molecule has 1 saturated heterocycles. The van der Waals surface area contributed by atoms with Crippen molar-refractivity contribution in [3.8, 4) is 0 Å². The van der Waals surface area contributed by atoms with E-state index >= 15 is 0 Å². The fourth-order valence-corrected chi connectivity index (χ4v) is 2.77. The molecular formula is C13H17N3O2S. The predicted octanol–water partition coefficient (Wildman–Crippen LogP) is 1.67. The lowest BCUT2D eigenvalue weighted by Gasteiger charge is -2.26. The number of hydrogen-bond acceptors (Lipinski definition) is 3. The molecule has 1 aliphatic heterocycles. The van der Waals surface area contributed by atoms with Crippen LogP contribution < -0.4 is 11.1 Å². The number of hydrogen-bond donors (Lipinski definition) is 2. The second kappa shape index (κ2) is 5.97. The topological polar surface area (TPSA) is 75.4 Å². The standard InChI is InChI=1S/C13H17N3O2S/c1-9-2-3-10(12(14)17)8-11(9)15-13(18)16-4-6-19-7-5-16/h2-3,8H,4-7H2,1H3,(H2,14,17)(H,15,18). The largest absolute Gasteiger partial charge is 0.366 e. The van der Waals surface area contributed by atoms with Crippen molar-refractivity contribution in [2.24, 2.45) is 5.73 Å². The molecular weight excluding hydrogens is 262 g/mol. The molecule has 0 bridgehead atoms. The first-order chi connectivity index (χ1) is 9.08. The van der Waals surface area contributed by atoms with Gasteiger partial charge >= 0.3 is 6.03 Å². The third-order valence-corrected chi connectivity index (χ3v) is 4.00. The minimum Gasteiger partial charge on any atom is -0.366 e. The molecule has 5 nitrogen and oxygen atoms in total. The zero-order valence-corrected chi connectivity index (χ0v) is 11.6. The molecule has 1 heterocycles. The van der Waals surface area contributed by atoms with E-state index in [1.165, 1.54) is 0 Å². The number of rotatable bonds is 2. The number of primary amides is 1. The average molecular weight is 279 g/mol. The molecule has 19 heavy (non-hydrogen) atoms. The van der Waals surface area contributed by atoms with Gasteiger partial charge in [-0.2, -0.15) is 11.8 Å². The summed E-state index contributed by atoms with van der Waals surface area (Å²) in [5, 5.41) is 2.85. The maximum Gasteiger partial charge on any atom is 0.321 e. The van der Waals surface area contributed by atoms with E-state index in [0.717, 1.165) is 30.2 Å². The van der Waals surface area contributed by atoms with Crippen LogP contribution >= 0.6 is 11.8 Å². The number of nitrogens with zero attached hydrogens (tertiary/aromatic N) is 1. The smallest absolute Gasteiger partial charge is 0.321 e. The van der Waals surface area contributed by atoms with Crippen molar-refractivity contribution in [3.63, 3.8) is 0 Å². The van der Waals surface area contributed by atoms with E-state index in [9.17, 15) is 9.59 Å². The summed E-state index contributed by atoms with van der Waals surface area (Å²) in [4.78, 5) is 25.0. The van der Waals surface area contributed by atoms with Crippen molar-refractivity contribution in [3.05, 3.63) is 29.3 Å². The molecule has 3 N–H and O–H groups in total. The van der Waals surface area contributed by atoms with Gasteiger partial charge in [0, 0.05) is 35.8 Å². The highest BCUT2D eigenvalue weighted by Gasteiger charge is 2.17. The normalized spacial score (nSPS) is 15.1. The van der Waals surface area contributed by atoms with Gasteiger partial charge in [-0.05, 0) is 24.6 Å². The number of benzene rings is 1. The minimum atomic E-state index is -0.495. The van der Waals surface area contributed by atoms with Gasteiger partial charge in [0.05, 0.1) is 0 Å². The van der Waals surface area contributed by atoms with Gasteiger partial charge in [0.1, 0.15) is 0 Å². The lowest BCUT2D eigenvalue weighted by molar-refractivity contribution is 0.1000. The Morgan fingerprint density at radius 2 is 2.00 bits per heavy atom. The molecule has 0 aliphatic carbocycles. The van der Waals surface area contributed by atoms with Crippen LogP contribution in [-0.4, -0.2) is 41.4 Å². The minimum absolute atomic E-state index is 0.120. The van der Waals surface area contributed by atoms with E-state index in [4.69, 9.17) is 5.73 Å². The summed E-state index contributed by atoms with van der Waals surface area (Å²) in [5.41, 5.74) is 7.19. The summed E-state index contributed by atoms with van der Waals surface area (Å²) in [6.45, 7) is 3.39. The fraction of sp³-hybridized carbons (Fsp3) is 0.385. The molecule has 1 aromatic carbocycles. The Morgan fingerprint density at radius 3 is 2.63 bits per heavy atom. The van der Waals surface area contributed by atoms with Crippen molar-refractivity contribution in [2.45, 2.75) is 6.92 Å². The van der Waals surface area contributed by atoms with Gasteiger partial charge in [-0.15, -0.1) is 0 Å². The summed E-state index contributed by atoms with van der Waals surface area (Å²) in [6, 6.07) is 4.94. The predicted molar refractivity (Wildman–Crippen MR) is 77.6 cm³/mol. The second-order valence-electron chi connectivity index (χ2n) is 4.42. The number of nitrogens with one attached hydrogen (secondary N) is 1. The Labute approximate surface area is 116 Å². The highest BCUT2D eigenvalue weighted by Crippen LogP contribution is 2.18. The van der Waals surface area contributed by atoms with Crippen LogP contribution in [0.2, 0.25) is 0 Å². The summed E-state index contributed by atoms with van der Waals surface area (Å²) >= 11 is 1.85. The van der Waals surface area contributed by atoms with E-state index in [-0.39, 0.29) is 6.03 Å². The van der Waals surface area contributed by atoms with Crippen LogP contribution in [0.3, 0.4) is 0 Å². The molecule has 0 atom stereocenters. The highest BCUT2D eigenvalue weighted by molar-refractivity contribution is 7.99. The van der Waals surface area contributed by atoms with Gasteiger partial charge in [-0.25, -0.2) is 4.79 Å². The number of carbonyl (C=O) groups is 2. The van der Waals surface area contributed by atoms with Crippen molar-refractivity contribution in [1.82, 2.24) is 4.90 Å². The first-order valence-corrected chi connectivity index (χ1v) is 7.27. The fourth-order valence-electron chi connectivity index (χ4n) is 1.87. The first-order valence-electron chi connectivity index (χ1n) is 6.12. The molecule has 2 rings (SSSR count). The van der Waals surface area contributed by atoms with Crippen molar-refractivity contribution >= 4 is 29.4 Å². The Morgan fingerprint density at radius 1 is 1.32 bits per heavy atom. The molecule has 0 radical (unpaired) electrons. The Hall–Kier alpha value is -1.69. The van der Waals surface area contributed by atoms with Crippen molar-refractivity contribution in [2.75, 3.05) is 29.9 Å². The summed E-state index contributed by atoms with van der Waals surface area (Å²) in [7, 11) is 0. The molecule has 6 heteroatoms. The zero-order valence-electron chi connectivity index (χ0n) is 10.8. The van der Waals surface area contributed by atoms with Gasteiger partial charge in [-0.1, -0.05) is 6.07 Å². The molecule has 0 aromatic heterocycles. The Bertz CT molecular complexity index is 499. The van der Waals surface area contributed by atoms with E-state index in [2.05, 4.69) is 5.32 Å². The van der Waals surface area contributed by atoms with Gasteiger partial charge in [0.2, 0.25) is 5.91 Å². The second-order valence-corrected chi connectivity index (χ2v) is 5.65. The van der Waals surface area contributed by atoms with E-state index in [1.807, 2.05) is 18.7 Å². The number of amides is 3. The van der Waals surface area contributed by atoms with Crippen LogP contribution in [0.15, 0.2) is 18.2 Å². The summed E-state index contributed by atoms with van der Waals surface area (Å²) < 4.78 is 0. The molecule has 1 fully saturated rings. The molecule has 0 unspecified atom stereocenters. The summed E-state index contributed by atoms with van der Waals surface area (Å²) in [6.07, 6.45) is 0. The van der Waals surface area contributed by atoms with E-state index in [0.29, 0.717) is 11.3 Å². The number of thioether (sulfide) groups is 1. The monoisotopic (exact) mass is 279 g/mol. The van der Waals surface area contributed by atoms with Crippen LogP contribution in [-0.2, 0) is 0 Å². The number of aryl methyl sites for hydroxylation is 1. The van der Waals surface area contributed by atoms with Crippen LogP contribution in [0, 0.1) is 6.92 Å². The number of anilines is 1. The third-order valence-electron chi connectivity index (χ3n) is 3.06. The number of carbonyl (C=O) groups excluding carboxylic acids is 2. The molecule has 1 aliphatic rings. The van der Waals surface area contributed by atoms with Crippen LogP contribution in [0.4, 0.5) is 10.5 Å². The maximum absolute atomic E-state index is 12.1. The van der Waals surface area contributed by atoms with Crippen molar-refractivity contribution in [1.29, 1.82) is 0 Å². The first kappa shape index (κ1) is 13.7. The van der Waals surface area contributed by atoms with E-state index in [1.54, 1.807) is 23.1 Å². The zero-order chi connectivity index (χ0) is 13.8. The maximum atomic E-state index is 12.1. The average Bonchev–Trinajstić information content (AvgIpc) is 2.42. The van der Waals surface area contributed by atoms with Gasteiger partial charge in [0.25, 0.3) is 0 Å². The molecule has 0 spiro atoms. The SMILES string of the molecule is Cc1ccc(C(N)=O)cc1NC(=O)N1CCSCC1. The number of urea groups is 1. The van der Waals surface area contributed by atoms with Crippen LogP contribution in [0.1, 0.15) is 15.9 Å². The lowest BCUT2D eigenvalue weighted by Crippen LogP contribution is -2.40. The third kappa shape index (κ3) is 3.41. The Balaban J connectivity index is 2.11. The highest BCUT2D eigenvalue weighted by atomic mass is 32.2. The number of nitrogens with two attached hydrogens (primary N) is 1. The van der Waals surface area contributed by atoms with E-state index < -0.39 is 5.91 Å². The van der Waals surface area contributed by atoms with Gasteiger partial charge < -0.3 is 16.0 Å². The van der Waals surface area contributed by atoms with Crippen LogP contribution in [0.25, 0.3) is 0 Å². The van der Waals surface area contributed by atoms with Gasteiger partial charge in [-0.3, -0.25) is 4.79 Å². The lowest BCUT2D eigenvalue weighted by atomic mass is 10.1. The van der Waals surface area contributed by atoms with Crippen molar-refractivity contribution < 1.29 is 9.59 Å². The molecule has 102 valence electrons. The van der Waals surface area contributed by atoms with Crippen LogP contribution in [0.5, 0.6) is 0 Å².